The lowest BCUT2D eigenvalue weighted by Crippen LogP contribution is -2.17. The molecule has 18 heavy (non-hydrogen) atoms. The van der Waals surface area contributed by atoms with Crippen LogP contribution in [0.25, 0.3) is 11.2 Å². The van der Waals surface area contributed by atoms with Crippen LogP contribution in [0.3, 0.4) is 0 Å². The first-order valence-electron chi connectivity index (χ1n) is 4.88. The number of nitrogens with one attached hydrogen (secondary N) is 1. The van der Waals surface area contributed by atoms with E-state index in [9.17, 15) is 4.79 Å². The van der Waals surface area contributed by atoms with Crippen molar-refractivity contribution in [3.63, 3.8) is 0 Å². The Kier molecular flexibility index (Phi) is 4.65. The van der Waals surface area contributed by atoms with Gasteiger partial charge < -0.3 is 15.6 Å². The third kappa shape index (κ3) is 2.78. The van der Waals surface area contributed by atoms with Crippen molar-refractivity contribution >= 4 is 29.5 Å². The molecule has 1 unspecified atom stereocenters. The van der Waals surface area contributed by atoms with E-state index < -0.39 is 11.7 Å². The number of halogens is 1. The van der Waals surface area contributed by atoms with Gasteiger partial charge in [0.25, 0.3) is 5.56 Å². The van der Waals surface area contributed by atoms with Gasteiger partial charge in [0.2, 0.25) is 5.95 Å². The van der Waals surface area contributed by atoms with E-state index in [1.165, 1.54) is 10.9 Å². The average molecular weight is 275 g/mol. The normalized spacial score (nSPS) is 12.3. The van der Waals surface area contributed by atoms with Gasteiger partial charge in [-0.3, -0.25) is 14.3 Å². The lowest BCUT2D eigenvalue weighted by molar-refractivity contribution is 0.00303. The summed E-state index contributed by atoms with van der Waals surface area (Å²) in [6, 6.07) is 0. The lowest BCUT2D eigenvalue weighted by Gasteiger charge is -2.10. The number of hydrogen-bond acceptors (Lipinski definition) is 6. The Balaban J connectivity index is 0.00000162. The lowest BCUT2D eigenvalue weighted by atomic mass is 10.4. The molecule has 4 N–H and O–H groups in total. The van der Waals surface area contributed by atoms with Crippen LogP contribution in [0.15, 0.2) is 11.1 Å². The van der Waals surface area contributed by atoms with Crippen molar-refractivity contribution in [2.24, 2.45) is 0 Å². The number of fused-ring (bicyclic) bond motifs is 1. The number of aromatic amines is 1. The topological polar surface area (TPSA) is 119 Å². The van der Waals surface area contributed by atoms with Crippen LogP contribution < -0.4 is 11.3 Å². The molecular weight excluding hydrogens is 262 g/mol. The van der Waals surface area contributed by atoms with Gasteiger partial charge in [0.15, 0.2) is 11.2 Å². The van der Waals surface area contributed by atoms with Crippen LogP contribution in [-0.4, -0.2) is 37.3 Å². The molecule has 0 bridgehead atoms. The Morgan fingerprint density at radius 2 is 2.39 bits per heavy atom. The van der Waals surface area contributed by atoms with E-state index in [4.69, 9.17) is 15.6 Å². The molecule has 0 aromatic carbocycles. The number of nitrogen functional groups attached to an aromatic ring is 1. The summed E-state index contributed by atoms with van der Waals surface area (Å²) in [7, 11) is 0. The Labute approximate surface area is 108 Å². The SMILES string of the molecule is Cl.[CH2]C(CO)OCn1cnc2c(=O)[nH]c(N)nc21. The van der Waals surface area contributed by atoms with Crippen molar-refractivity contribution in [1.82, 2.24) is 19.5 Å². The van der Waals surface area contributed by atoms with Crippen LogP contribution in [0, 0.1) is 6.92 Å². The molecule has 1 atom stereocenters. The quantitative estimate of drug-likeness (QED) is 0.678. The highest BCUT2D eigenvalue weighted by Crippen LogP contribution is 2.06. The van der Waals surface area contributed by atoms with Gasteiger partial charge in [0, 0.05) is 0 Å². The molecule has 2 rings (SSSR count). The van der Waals surface area contributed by atoms with Crippen LogP contribution in [0.4, 0.5) is 5.95 Å². The van der Waals surface area contributed by atoms with Crippen LogP contribution in [-0.2, 0) is 11.5 Å². The van der Waals surface area contributed by atoms with Gasteiger partial charge in [-0.2, -0.15) is 4.98 Å². The highest BCUT2D eigenvalue weighted by molar-refractivity contribution is 5.85. The fraction of sp³-hybridized carbons (Fsp3) is 0.333. The van der Waals surface area contributed by atoms with Gasteiger partial charge in [-0.05, 0) is 6.92 Å². The molecule has 0 saturated heterocycles. The molecule has 0 amide bonds. The minimum atomic E-state index is -0.549. The molecule has 0 spiro atoms. The zero-order valence-electron chi connectivity index (χ0n) is 9.37. The third-order valence-electron chi connectivity index (χ3n) is 2.15. The third-order valence-corrected chi connectivity index (χ3v) is 2.15. The number of aliphatic hydroxyl groups is 1. The smallest absolute Gasteiger partial charge is 0.280 e. The largest absolute Gasteiger partial charge is 0.394 e. The maximum absolute atomic E-state index is 11.5. The monoisotopic (exact) mass is 274 g/mol. The number of H-pyrrole nitrogens is 1. The van der Waals surface area contributed by atoms with Crippen LogP contribution in [0.1, 0.15) is 0 Å². The number of imidazole rings is 1. The van der Waals surface area contributed by atoms with Crippen molar-refractivity contribution in [2.45, 2.75) is 12.8 Å². The van der Waals surface area contributed by atoms with Crippen molar-refractivity contribution < 1.29 is 9.84 Å². The first kappa shape index (κ1) is 14.4. The summed E-state index contributed by atoms with van der Waals surface area (Å²) in [4.78, 5) is 21.7. The van der Waals surface area contributed by atoms with Gasteiger partial charge in [-0.15, -0.1) is 12.4 Å². The van der Waals surface area contributed by atoms with E-state index in [0.717, 1.165) is 0 Å². The van der Waals surface area contributed by atoms with Gasteiger partial charge in [0.1, 0.15) is 6.73 Å². The Morgan fingerprint density at radius 1 is 1.67 bits per heavy atom. The van der Waals surface area contributed by atoms with E-state index in [0.29, 0.717) is 5.65 Å². The molecule has 0 aliphatic carbocycles. The van der Waals surface area contributed by atoms with Crippen LogP contribution >= 0.6 is 12.4 Å². The predicted octanol–water partition coefficient (Wildman–Crippen LogP) is -0.707. The molecule has 2 heterocycles. The molecule has 8 nitrogen and oxygen atoms in total. The van der Waals surface area contributed by atoms with E-state index in [1.807, 2.05) is 0 Å². The number of nitrogens with zero attached hydrogens (tertiary/aromatic N) is 3. The summed E-state index contributed by atoms with van der Waals surface area (Å²) < 4.78 is 6.70. The summed E-state index contributed by atoms with van der Waals surface area (Å²) in [5.41, 5.74) is 5.55. The summed E-state index contributed by atoms with van der Waals surface area (Å²) in [5.74, 6) is 0.0116. The number of nitrogens with two attached hydrogens (primary N) is 1. The molecule has 99 valence electrons. The second-order valence-electron chi connectivity index (χ2n) is 3.44. The van der Waals surface area contributed by atoms with E-state index in [2.05, 4.69) is 21.9 Å². The number of aliphatic hydroxyl groups excluding tert-OH is 1. The molecule has 2 aromatic heterocycles. The highest BCUT2D eigenvalue weighted by Gasteiger charge is 2.09. The summed E-state index contributed by atoms with van der Waals surface area (Å²) in [6.07, 6.45) is 0.864. The Bertz CT molecular complexity index is 581. The van der Waals surface area contributed by atoms with Gasteiger partial charge in [-0.25, -0.2) is 4.98 Å². The summed E-state index contributed by atoms with van der Waals surface area (Å²) >= 11 is 0. The van der Waals surface area contributed by atoms with Gasteiger partial charge >= 0.3 is 0 Å². The molecular formula is C9H13ClN5O3. The highest BCUT2D eigenvalue weighted by atomic mass is 35.5. The van der Waals surface area contributed by atoms with Crippen molar-refractivity contribution in [3.05, 3.63) is 23.6 Å². The number of rotatable bonds is 4. The maximum Gasteiger partial charge on any atom is 0.280 e. The molecule has 0 aliphatic heterocycles. The maximum atomic E-state index is 11.5. The second-order valence-corrected chi connectivity index (χ2v) is 3.44. The first-order chi connectivity index (χ1) is 8.11. The fourth-order valence-electron chi connectivity index (χ4n) is 1.30. The summed E-state index contributed by atoms with van der Waals surface area (Å²) in [5, 5.41) is 8.76. The number of hydrogen-bond donors (Lipinski definition) is 3. The molecule has 0 aliphatic rings. The van der Waals surface area contributed by atoms with Crippen molar-refractivity contribution in [3.8, 4) is 0 Å². The zero-order chi connectivity index (χ0) is 12.4. The number of aromatic nitrogens is 4. The molecule has 9 heteroatoms. The number of anilines is 1. The van der Waals surface area contributed by atoms with Crippen LogP contribution in [0.5, 0.6) is 0 Å². The molecule has 2 aromatic rings. The van der Waals surface area contributed by atoms with Crippen LogP contribution in [0.2, 0.25) is 0 Å². The van der Waals surface area contributed by atoms with Gasteiger partial charge in [-0.1, -0.05) is 0 Å². The minimum absolute atomic E-state index is 0. The first-order valence-corrected chi connectivity index (χ1v) is 4.88. The van der Waals surface area contributed by atoms with Crippen molar-refractivity contribution in [1.29, 1.82) is 0 Å². The second kappa shape index (κ2) is 5.80. The summed E-state index contributed by atoms with van der Waals surface area (Å²) in [6.45, 7) is 3.44. The fourth-order valence-corrected chi connectivity index (χ4v) is 1.30. The standard InChI is InChI=1S/C9H12N5O3.ClH/c1-5(2-15)17-4-14-3-11-6-7(14)12-9(10)13-8(6)16;/h3,5,15H,1-2,4H2,(H3,10,12,13,16);1H. The number of ether oxygens (including phenoxy) is 1. The average Bonchev–Trinajstić information content (AvgIpc) is 2.69. The Hall–Kier alpha value is -1.64. The van der Waals surface area contributed by atoms with Gasteiger partial charge in [0.05, 0.1) is 19.0 Å². The minimum Gasteiger partial charge on any atom is -0.394 e. The predicted molar refractivity (Wildman–Crippen MR) is 67.1 cm³/mol. The van der Waals surface area contributed by atoms with E-state index in [1.54, 1.807) is 0 Å². The molecule has 0 saturated carbocycles. The Morgan fingerprint density at radius 3 is 3.06 bits per heavy atom. The van der Waals surface area contributed by atoms with E-state index >= 15 is 0 Å². The zero-order valence-corrected chi connectivity index (χ0v) is 10.2. The molecule has 0 fully saturated rings. The van der Waals surface area contributed by atoms with Crippen molar-refractivity contribution in [2.75, 3.05) is 12.3 Å². The van der Waals surface area contributed by atoms with E-state index in [-0.39, 0.29) is 37.2 Å². The molecule has 1 radical (unpaired) electrons.